The van der Waals surface area contributed by atoms with Gasteiger partial charge in [0, 0.05) is 12.3 Å². The predicted octanol–water partition coefficient (Wildman–Crippen LogP) is 2.59. The number of benzene rings is 1. The summed E-state index contributed by atoms with van der Waals surface area (Å²) in [4.78, 5) is 0. The third-order valence-corrected chi connectivity index (χ3v) is 2.59. The van der Waals surface area contributed by atoms with Crippen LogP contribution in [0.25, 0.3) is 0 Å². The molecule has 0 bridgehead atoms. The van der Waals surface area contributed by atoms with Crippen molar-refractivity contribution in [3.05, 3.63) is 29.8 Å². The van der Waals surface area contributed by atoms with E-state index in [2.05, 4.69) is 0 Å². The molecule has 0 heterocycles. The second kappa shape index (κ2) is 4.47. The van der Waals surface area contributed by atoms with E-state index in [0.29, 0.717) is 6.61 Å². The van der Waals surface area contributed by atoms with E-state index >= 15 is 0 Å². The van der Waals surface area contributed by atoms with E-state index in [0.717, 1.165) is 18.2 Å². The molecule has 1 aromatic rings. The zero-order chi connectivity index (χ0) is 9.80. The molecule has 0 aromatic heterocycles. The Morgan fingerprint density at radius 1 is 1.36 bits per heavy atom. The first kappa shape index (κ1) is 9.53. The van der Waals surface area contributed by atoms with Gasteiger partial charge in [-0.3, -0.25) is 0 Å². The van der Waals surface area contributed by atoms with Crippen molar-refractivity contribution >= 4 is 5.69 Å². The van der Waals surface area contributed by atoms with Crippen molar-refractivity contribution in [2.75, 3.05) is 12.3 Å². The minimum absolute atomic E-state index is 0.692. The second-order valence-corrected chi connectivity index (χ2v) is 4.03. The first-order valence-electron chi connectivity index (χ1n) is 5.27. The molecule has 14 heavy (non-hydrogen) atoms. The smallest absolute Gasteiger partial charge is 0.0717 e. The first-order valence-corrected chi connectivity index (χ1v) is 5.27. The predicted molar refractivity (Wildman–Crippen MR) is 57.9 cm³/mol. The molecule has 0 radical (unpaired) electrons. The van der Waals surface area contributed by atoms with Gasteiger partial charge in [-0.1, -0.05) is 25.0 Å². The lowest BCUT2D eigenvalue weighted by Crippen LogP contribution is -1.97. The van der Waals surface area contributed by atoms with Gasteiger partial charge in [0.15, 0.2) is 0 Å². The largest absolute Gasteiger partial charge is 0.399 e. The van der Waals surface area contributed by atoms with Gasteiger partial charge in [-0.2, -0.15) is 0 Å². The highest BCUT2D eigenvalue weighted by molar-refractivity contribution is 5.40. The highest BCUT2D eigenvalue weighted by atomic mass is 16.5. The molecule has 0 saturated heterocycles. The summed E-state index contributed by atoms with van der Waals surface area (Å²) in [5.74, 6) is 0.954. The SMILES string of the molecule is Nc1cccc(COCCC2CC2)c1. The van der Waals surface area contributed by atoms with Crippen LogP contribution in [0.2, 0.25) is 0 Å². The van der Waals surface area contributed by atoms with Gasteiger partial charge in [-0.15, -0.1) is 0 Å². The Bertz CT molecular complexity index is 294. The molecule has 2 heteroatoms. The van der Waals surface area contributed by atoms with Gasteiger partial charge in [0.1, 0.15) is 0 Å². The number of nitrogen functional groups attached to an aromatic ring is 1. The molecule has 0 aliphatic heterocycles. The summed E-state index contributed by atoms with van der Waals surface area (Å²) >= 11 is 0. The van der Waals surface area contributed by atoms with Crippen molar-refractivity contribution in [1.29, 1.82) is 0 Å². The zero-order valence-corrected chi connectivity index (χ0v) is 8.41. The number of nitrogens with two attached hydrogens (primary N) is 1. The van der Waals surface area contributed by atoms with Crippen molar-refractivity contribution < 1.29 is 4.74 Å². The molecule has 1 saturated carbocycles. The fourth-order valence-electron chi connectivity index (χ4n) is 1.53. The van der Waals surface area contributed by atoms with Crippen LogP contribution in [-0.2, 0) is 11.3 Å². The number of hydrogen-bond acceptors (Lipinski definition) is 2. The lowest BCUT2D eigenvalue weighted by molar-refractivity contribution is 0.115. The maximum absolute atomic E-state index is 5.67. The third-order valence-electron chi connectivity index (χ3n) is 2.59. The van der Waals surface area contributed by atoms with Crippen LogP contribution in [0.1, 0.15) is 24.8 Å². The highest BCUT2D eigenvalue weighted by Gasteiger charge is 2.20. The van der Waals surface area contributed by atoms with Gasteiger partial charge in [0.2, 0.25) is 0 Å². The monoisotopic (exact) mass is 191 g/mol. The van der Waals surface area contributed by atoms with Crippen LogP contribution in [0.4, 0.5) is 5.69 Å². The van der Waals surface area contributed by atoms with Gasteiger partial charge >= 0.3 is 0 Å². The van der Waals surface area contributed by atoms with Crippen LogP contribution in [0.5, 0.6) is 0 Å². The molecule has 2 nitrogen and oxygen atoms in total. The third kappa shape index (κ3) is 3.04. The molecule has 1 aliphatic carbocycles. The summed E-state index contributed by atoms with van der Waals surface area (Å²) < 4.78 is 5.57. The number of rotatable bonds is 5. The van der Waals surface area contributed by atoms with Crippen molar-refractivity contribution in [1.82, 2.24) is 0 Å². The Labute approximate surface area is 85.1 Å². The van der Waals surface area contributed by atoms with Crippen LogP contribution < -0.4 is 5.73 Å². The van der Waals surface area contributed by atoms with E-state index in [1.54, 1.807) is 0 Å². The van der Waals surface area contributed by atoms with E-state index in [-0.39, 0.29) is 0 Å². The fraction of sp³-hybridized carbons (Fsp3) is 0.500. The van der Waals surface area contributed by atoms with Crippen LogP contribution in [0, 0.1) is 5.92 Å². The summed E-state index contributed by atoms with van der Waals surface area (Å²) in [6.07, 6.45) is 4.03. The standard InChI is InChI=1S/C12H17NO/c13-12-3-1-2-11(8-12)9-14-7-6-10-4-5-10/h1-3,8,10H,4-7,9,13H2. The average Bonchev–Trinajstić information content (AvgIpc) is 2.96. The van der Waals surface area contributed by atoms with Gasteiger partial charge in [-0.25, -0.2) is 0 Å². The maximum Gasteiger partial charge on any atom is 0.0717 e. The minimum atomic E-state index is 0.692. The number of hydrogen-bond donors (Lipinski definition) is 1. The summed E-state index contributed by atoms with van der Waals surface area (Å²) in [5.41, 5.74) is 7.65. The van der Waals surface area contributed by atoms with Crippen molar-refractivity contribution in [2.24, 2.45) is 5.92 Å². The Morgan fingerprint density at radius 3 is 2.93 bits per heavy atom. The van der Waals surface area contributed by atoms with Crippen LogP contribution in [-0.4, -0.2) is 6.61 Å². The lowest BCUT2D eigenvalue weighted by Gasteiger charge is -2.04. The minimum Gasteiger partial charge on any atom is -0.399 e. The zero-order valence-electron chi connectivity index (χ0n) is 8.41. The molecule has 1 aliphatic rings. The number of anilines is 1. The topological polar surface area (TPSA) is 35.2 Å². The molecule has 0 amide bonds. The second-order valence-electron chi connectivity index (χ2n) is 4.03. The molecular weight excluding hydrogens is 174 g/mol. The Balaban J connectivity index is 1.68. The Morgan fingerprint density at radius 2 is 2.21 bits per heavy atom. The van der Waals surface area contributed by atoms with E-state index < -0.39 is 0 Å². The molecule has 2 N–H and O–H groups in total. The Hall–Kier alpha value is -1.02. The van der Waals surface area contributed by atoms with E-state index in [9.17, 15) is 0 Å². The molecule has 1 aromatic carbocycles. The normalized spacial score (nSPS) is 15.7. The average molecular weight is 191 g/mol. The van der Waals surface area contributed by atoms with Gasteiger partial charge < -0.3 is 10.5 Å². The van der Waals surface area contributed by atoms with Crippen molar-refractivity contribution in [3.63, 3.8) is 0 Å². The molecule has 0 spiro atoms. The van der Waals surface area contributed by atoms with Crippen LogP contribution in [0.3, 0.4) is 0 Å². The van der Waals surface area contributed by atoms with Crippen molar-refractivity contribution in [3.8, 4) is 0 Å². The molecule has 0 atom stereocenters. The van der Waals surface area contributed by atoms with E-state index in [4.69, 9.17) is 10.5 Å². The van der Waals surface area contributed by atoms with Crippen LogP contribution in [0.15, 0.2) is 24.3 Å². The number of ether oxygens (including phenoxy) is 1. The lowest BCUT2D eigenvalue weighted by atomic mass is 10.2. The maximum atomic E-state index is 5.67. The summed E-state index contributed by atoms with van der Waals surface area (Å²) in [7, 11) is 0. The molecule has 2 rings (SSSR count). The first-order chi connectivity index (χ1) is 6.84. The Kier molecular flexibility index (Phi) is 3.04. The van der Waals surface area contributed by atoms with E-state index in [1.807, 2.05) is 24.3 Å². The summed E-state index contributed by atoms with van der Waals surface area (Å²) in [6, 6.07) is 7.88. The summed E-state index contributed by atoms with van der Waals surface area (Å²) in [5, 5.41) is 0. The molecule has 0 unspecified atom stereocenters. The van der Waals surface area contributed by atoms with E-state index in [1.165, 1.54) is 24.8 Å². The van der Waals surface area contributed by atoms with Crippen molar-refractivity contribution in [2.45, 2.75) is 25.9 Å². The van der Waals surface area contributed by atoms with Gasteiger partial charge in [0.05, 0.1) is 6.61 Å². The molecular formula is C12H17NO. The highest BCUT2D eigenvalue weighted by Crippen LogP contribution is 2.32. The summed E-state index contributed by atoms with van der Waals surface area (Å²) in [6.45, 7) is 1.58. The molecule has 76 valence electrons. The molecule has 1 fully saturated rings. The quantitative estimate of drug-likeness (QED) is 0.573. The van der Waals surface area contributed by atoms with Gasteiger partial charge in [-0.05, 0) is 30.0 Å². The van der Waals surface area contributed by atoms with Gasteiger partial charge in [0.25, 0.3) is 0 Å². The fourth-order valence-corrected chi connectivity index (χ4v) is 1.53. The van der Waals surface area contributed by atoms with Crippen LogP contribution >= 0.6 is 0 Å².